The number of hydrogen-bond donors (Lipinski definition) is 0. The summed E-state index contributed by atoms with van der Waals surface area (Å²) in [6.07, 6.45) is 0. The molecule has 1 amide bonds. The summed E-state index contributed by atoms with van der Waals surface area (Å²) in [6.45, 7) is 5.98. The van der Waals surface area contributed by atoms with Crippen molar-refractivity contribution < 1.29 is 23.8 Å². The predicted molar refractivity (Wildman–Crippen MR) is 115 cm³/mol. The van der Waals surface area contributed by atoms with Crippen molar-refractivity contribution in [1.29, 1.82) is 0 Å². The molecule has 0 aliphatic heterocycles. The Labute approximate surface area is 178 Å². The number of carbonyl (C=O) groups is 2. The highest BCUT2D eigenvalue weighted by atomic mass is 32.1. The van der Waals surface area contributed by atoms with E-state index in [4.69, 9.17) is 14.2 Å². The molecule has 0 unspecified atom stereocenters. The number of methoxy groups -OCH3 is 2. The van der Waals surface area contributed by atoms with Gasteiger partial charge >= 0.3 is 5.97 Å². The van der Waals surface area contributed by atoms with Crippen LogP contribution in [0.15, 0.2) is 35.3 Å². The highest BCUT2D eigenvalue weighted by Crippen LogP contribution is 2.29. The number of nitrogens with zero attached hydrogens (tertiary/aromatic N) is 2. The van der Waals surface area contributed by atoms with Crippen molar-refractivity contribution in [2.45, 2.75) is 27.3 Å². The van der Waals surface area contributed by atoms with Gasteiger partial charge in [-0.05, 0) is 50.1 Å². The lowest BCUT2D eigenvalue weighted by atomic mass is 10.1. The average molecular weight is 429 g/mol. The molecule has 0 aliphatic rings. The highest BCUT2D eigenvalue weighted by molar-refractivity contribution is 7.16. The zero-order valence-electron chi connectivity index (χ0n) is 17.6. The normalized spacial score (nSPS) is 11.6. The number of fused-ring (bicyclic) bond motifs is 1. The molecule has 158 valence electrons. The van der Waals surface area contributed by atoms with Gasteiger partial charge in [-0.15, -0.1) is 0 Å². The van der Waals surface area contributed by atoms with Gasteiger partial charge in [0.25, 0.3) is 5.91 Å². The first-order valence-electron chi connectivity index (χ1n) is 9.45. The van der Waals surface area contributed by atoms with Crippen LogP contribution in [-0.2, 0) is 16.1 Å². The molecular formula is C22H24N2O5S. The summed E-state index contributed by atoms with van der Waals surface area (Å²) in [5.41, 5.74) is 3.18. The van der Waals surface area contributed by atoms with Gasteiger partial charge < -0.3 is 18.8 Å². The lowest BCUT2D eigenvalue weighted by Crippen LogP contribution is -2.23. The first-order chi connectivity index (χ1) is 14.4. The van der Waals surface area contributed by atoms with E-state index >= 15 is 0 Å². The number of ether oxygens (including phenoxy) is 3. The Kier molecular flexibility index (Phi) is 6.56. The van der Waals surface area contributed by atoms with Gasteiger partial charge in [-0.1, -0.05) is 23.5 Å². The van der Waals surface area contributed by atoms with Crippen LogP contribution in [-0.4, -0.2) is 37.3 Å². The third-order valence-corrected chi connectivity index (χ3v) is 5.78. The summed E-state index contributed by atoms with van der Waals surface area (Å²) < 4.78 is 18.5. The second-order valence-electron chi connectivity index (χ2n) is 6.66. The van der Waals surface area contributed by atoms with Crippen molar-refractivity contribution in [3.63, 3.8) is 0 Å². The van der Waals surface area contributed by atoms with Crippen LogP contribution in [0.1, 0.15) is 28.4 Å². The summed E-state index contributed by atoms with van der Waals surface area (Å²) in [7, 11) is 2.97. The Morgan fingerprint density at radius 1 is 1.10 bits per heavy atom. The minimum Gasteiger partial charge on any atom is -0.496 e. The van der Waals surface area contributed by atoms with Crippen molar-refractivity contribution in [1.82, 2.24) is 4.57 Å². The highest BCUT2D eigenvalue weighted by Gasteiger charge is 2.19. The van der Waals surface area contributed by atoms with Gasteiger partial charge in [-0.2, -0.15) is 4.99 Å². The molecule has 0 bridgehead atoms. The van der Waals surface area contributed by atoms with E-state index in [2.05, 4.69) is 11.1 Å². The maximum absolute atomic E-state index is 13.1. The molecule has 0 fully saturated rings. The fraction of sp³-hybridized carbons (Fsp3) is 0.318. The maximum Gasteiger partial charge on any atom is 0.326 e. The first-order valence-corrected chi connectivity index (χ1v) is 10.3. The van der Waals surface area contributed by atoms with Gasteiger partial charge in [-0.25, -0.2) is 0 Å². The molecule has 0 spiro atoms. The van der Waals surface area contributed by atoms with Crippen molar-refractivity contribution in [2.75, 3.05) is 20.8 Å². The third kappa shape index (κ3) is 4.23. The van der Waals surface area contributed by atoms with Gasteiger partial charge in [0, 0.05) is 0 Å². The lowest BCUT2D eigenvalue weighted by Gasteiger charge is -2.10. The summed E-state index contributed by atoms with van der Waals surface area (Å²) >= 11 is 1.36. The molecule has 8 heteroatoms. The zero-order chi connectivity index (χ0) is 21.8. The zero-order valence-corrected chi connectivity index (χ0v) is 18.5. The Balaban J connectivity index is 2.22. The van der Waals surface area contributed by atoms with Crippen LogP contribution in [0.5, 0.6) is 11.5 Å². The molecule has 0 radical (unpaired) electrons. The van der Waals surface area contributed by atoms with Crippen LogP contribution in [0.25, 0.3) is 10.2 Å². The first kappa shape index (κ1) is 21.6. The number of amides is 1. The lowest BCUT2D eigenvalue weighted by molar-refractivity contribution is -0.143. The third-order valence-electron chi connectivity index (χ3n) is 4.55. The Hall–Kier alpha value is -3.13. The molecule has 3 aromatic rings. The van der Waals surface area contributed by atoms with Gasteiger partial charge in [0.1, 0.15) is 23.6 Å². The molecule has 1 aromatic heterocycles. The molecule has 2 aromatic carbocycles. The van der Waals surface area contributed by atoms with Crippen LogP contribution in [0.4, 0.5) is 0 Å². The average Bonchev–Trinajstić information content (AvgIpc) is 3.04. The molecule has 1 heterocycles. The quantitative estimate of drug-likeness (QED) is 0.560. The van der Waals surface area contributed by atoms with E-state index in [1.54, 1.807) is 29.7 Å². The van der Waals surface area contributed by atoms with E-state index in [1.165, 1.54) is 25.6 Å². The molecule has 30 heavy (non-hydrogen) atoms. The van der Waals surface area contributed by atoms with Crippen molar-refractivity contribution in [2.24, 2.45) is 4.99 Å². The minimum atomic E-state index is -0.511. The van der Waals surface area contributed by atoms with E-state index in [0.29, 0.717) is 16.3 Å². The van der Waals surface area contributed by atoms with Crippen molar-refractivity contribution >= 4 is 33.4 Å². The Bertz CT molecular complexity index is 1150. The number of thiazole rings is 1. The van der Waals surface area contributed by atoms with Crippen LogP contribution in [0.3, 0.4) is 0 Å². The van der Waals surface area contributed by atoms with E-state index in [1.807, 2.05) is 19.9 Å². The fourth-order valence-corrected chi connectivity index (χ4v) is 4.37. The summed E-state index contributed by atoms with van der Waals surface area (Å²) in [6, 6.07) is 9.13. The number of benzene rings is 2. The predicted octanol–water partition coefficient (Wildman–Crippen LogP) is 3.64. The number of rotatable bonds is 6. The van der Waals surface area contributed by atoms with E-state index in [9.17, 15) is 9.59 Å². The molecule has 0 N–H and O–H groups in total. The summed E-state index contributed by atoms with van der Waals surface area (Å²) in [4.78, 5) is 30.1. The van der Waals surface area contributed by atoms with Crippen molar-refractivity contribution in [3.05, 3.63) is 51.8 Å². The SMILES string of the molecule is CCOC(=O)Cn1c(=NC(=O)c2c(OC)cccc2OC)sc2c(C)cc(C)cc21. The van der Waals surface area contributed by atoms with E-state index in [0.717, 1.165) is 21.3 Å². The van der Waals surface area contributed by atoms with Crippen LogP contribution in [0.2, 0.25) is 0 Å². The molecule has 0 saturated heterocycles. The van der Waals surface area contributed by atoms with Crippen LogP contribution in [0, 0.1) is 13.8 Å². The van der Waals surface area contributed by atoms with E-state index in [-0.39, 0.29) is 24.7 Å². The van der Waals surface area contributed by atoms with Gasteiger partial charge in [0.2, 0.25) is 0 Å². The number of aromatic nitrogens is 1. The minimum absolute atomic E-state index is 0.0358. The Morgan fingerprint density at radius 3 is 2.37 bits per heavy atom. The summed E-state index contributed by atoms with van der Waals surface area (Å²) in [5, 5.41) is 0. The molecule has 0 aliphatic carbocycles. The number of hydrogen-bond acceptors (Lipinski definition) is 6. The van der Waals surface area contributed by atoms with Crippen LogP contribution < -0.4 is 14.3 Å². The molecular weight excluding hydrogens is 404 g/mol. The molecule has 7 nitrogen and oxygen atoms in total. The Morgan fingerprint density at radius 2 is 1.77 bits per heavy atom. The monoisotopic (exact) mass is 428 g/mol. The fourth-order valence-electron chi connectivity index (χ4n) is 3.29. The van der Waals surface area contributed by atoms with Gasteiger partial charge in [0.05, 0.1) is 31.0 Å². The van der Waals surface area contributed by atoms with Crippen molar-refractivity contribution in [3.8, 4) is 11.5 Å². The second kappa shape index (κ2) is 9.13. The smallest absolute Gasteiger partial charge is 0.326 e. The second-order valence-corrected chi connectivity index (χ2v) is 7.64. The topological polar surface area (TPSA) is 79.1 Å². The maximum atomic E-state index is 13.1. The molecule has 0 saturated carbocycles. The summed E-state index contributed by atoms with van der Waals surface area (Å²) in [5.74, 6) is -0.163. The van der Waals surface area contributed by atoms with E-state index < -0.39 is 5.91 Å². The molecule has 3 rings (SSSR count). The molecule has 0 atom stereocenters. The number of aryl methyl sites for hydroxylation is 2. The van der Waals surface area contributed by atoms with Gasteiger partial charge in [0.15, 0.2) is 4.80 Å². The van der Waals surface area contributed by atoms with Crippen LogP contribution >= 0.6 is 11.3 Å². The number of esters is 1. The number of carbonyl (C=O) groups excluding carboxylic acids is 2. The standard InChI is InChI=1S/C22H24N2O5S/c1-6-29-18(25)12-24-15-11-13(2)10-14(3)20(15)30-22(24)23-21(26)19-16(27-4)8-7-9-17(19)28-5/h7-11H,6,12H2,1-5H3. The van der Waals surface area contributed by atoms with Gasteiger partial charge in [-0.3, -0.25) is 9.59 Å². The largest absolute Gasteiger partial charge is 0.496 e.